The first-order chi connectivity index (χ1) is 15.9. The molecule has 8 nitrogen and oxygen atoms in total. The second kappa shape index (κ2) is 11.1. The average molecular weight is 454 g/mol. The first-order valence-corrected chi connectivity index (χ1v) is 11.9. The molecule has 1 aromatic heterocycles. The molecule has 1 aliphatic heterocycles. The summed E-state index contributed by atoms with van der Waals surface area (Å²) in [6.45, 7) is 11.7. The lowest BCUT2D eigenvalue weighted by Crippen LogP contribution is -2.37. The summed E-state index contributed by atoms with van der Waals surface area (Å²) < 4.78 is 1.65. The molecule has 2 heterocycles. The van der Waals surface area contributed by atoms with Crippen molar-refractivity contribution >= 4 is 17.7 Å². The third-order valence-corrected chi connectivity index (χ3v) is 6.18. The van der Waals surface area contributed by atoms with Crippen LogP contribution >= 0.6 is 0 Å². The molecular formula is C25H35N5O3. The average Bonchev–Trinajstić information content (AvgIpc) is 3.18. The molecule has 33 heavy (non-hydrogen) atoms. The van der Waals surface area contributed by atoms with Gasteiger partial charge in [0.25, 0.3) is 11.8 Å². The molecule has 3 amide bonds. The van der Waals surface area contributed by atoms with Crippen LogP contribution in [0.4, 0.5) is 0 Å². The fraction of sp³-hybridized carbons (Fsp3) is 0.520. The minimum Gasteiger partial charge on any atom is -0.343 e. The zero-order chi connectivity index (χ0) is 24.0. The highest BCUT2D eigenvalue weighted by Gasteiger charge is 2.28. The number of carbonyl (C=O) groups excluding carboxylic acids is 3. The van der Waals surface area contributed by atoms with Crippen LogP contribution in [0.15, 0.2) is 30.3 Å². The van der Waals surface area contributed by atoms with Crippen molar-refractivity contribution in [2.45, 2.75) is 53.6 Å². The van der Waals surface area contributed by atoms with E-state index in [9.17, 15) is 14.4 Å². The van der Waals surface area contributed by atoms with Crippen LogP contribution in [0, 0.1) is 6.92 Å². The lowest BCUT2D eigenvalue weighted by atomic mass is 10.1. The van der Waals surface area contributed by atoms with Gasteiger partial charge in [-0.1, -0.05) is 29.8 Å². The van der Waals surface area contributed by atoms with Crippen molar-refractivity contribution < 1.29 is 14.4 Å². The molecule has 0 aliphatic carbocycles. The highest BCUT2D eigenvalue weighted by atomic mass is 16.2. The lowest BCUT2D eigenvalue weighted by Gasteiger charge is -2.23. The molecule has 0 unspecified atom stereocenters. The second-order valence-corrected chi connectivity index (χ2v) is 8.40. The van der Waals surface area contributed by atoms with Crippen molar-refractivity contribution in [2.24, 2.45) is 0 Å². The molecule has 1 aromatic carbocycles. The molecule has 0 saturated heterocycles. The molecule has 3 rings (SSSR count). The van der Waals surface area contributed by atoms with E-state index in [1.165, 1.54) is 5.56 Å². The summed E-state index contributed by atoms with van der Waals surface area (Å²) in [5, 5.41) is 4.46. The molecule has 0 N–H and O–H groups in total. The number of aryl methyl sites for hydroxylation is 2. The molecule has 2 aromatic rings. The van der Waals surface area contributed by atoms with Gasteiger partial charge in [-0.05, 0) is 39.7 Å². The Labute approximate surface area is 196 Å². The largest absolute Gasteiger partial charge is 0.343 e. The van der Waals surface area contributed by atoms with Gasteiger partial charge in [0.2, 0.25) is 5.91 Å². The van der Waals surface area contributed by atoms with Gasteiger partial charge < -0.3 is 14.7 Å². The van der Waals surface area contributed by atoms with Crippen LogP contribution in [-0.2, 0) is 17.9 Å². The van der Waals surface area contributed by atoms with E-state index in [4.69, 9.17) is 0 Å². The predicted molar refractivity (Wildman–Crippen MR) is 127 cm³/mol. The summed E-state index contributed by atoms with van der Waals surface area (Å²) in [4.78, 5) is 43.9. The number of fused-ring (bicyclic) bond motifs is 1. The summed E-state index contributed by atoms with van der Waals surface area (Å²) in [6.07, 6.45) is 1.05. The van der Waals surface area contributed by atoms with E-state index in [1.54, 1.807) is 20.5 Å². The minimum absolute atomic E-state index is 0.0359. The lowest BCUT2D eigenvalue weighted by molar-refractivity contribution is -0.131. The van der Waals surface area contributed by atoms with Crippen LogP contribution < -0.4 is 0 Å². The fourth-order valence-electron chi connectivity index (χ4n) is 4.13. The monoisotopic (exact) mass is 453 g/mol. The van der Waals surface area contributed by atoms with Crippen LogP contribution in [0.25, 0.3) is 0 Å². The van der Waals surface area contributed by atoms with Crippen molar-refractivity contribution in [2.75, 3.05) is 32.7 Å². The highest BCUT2D eigenvalue weighted by Crippen LogP contribution is 2.18. The smallest absolute Gasteiger partial charge is 0.274 e. The molecule has 0 fully saturated rings. The molecule has 1 aliphatic rings. The number of nitrogens with zero attached hydrogens (tertiary/aromatic N) is 5. The number of hydrogen-bond acceptors (Lipinski definition) is 4. The first-order valence-electron chi connectivity index (χ1n) is 11.9. The van der Waals surface area contributed by atoms with Crippen molar-refractivity contribution in [3.8, 4) is 0 Å². The van der Waals surface area contributed by atoms with Gasteiger partial charge in [0, 0.05) is 58.3 Å². The van der Waals surface area contributed by atoms with Crippen LogP contribution in [0.2, 0.25) is 0 Å². The molecule has 0 radical (unpaired) electrons. The van der Waals surface area contributed by atoms with E-state index in [2.05, 4.69) is 5.10 Å². The Hall–Kier alpha value is -3.16. The summed E-state index contributed by atoms with van der Waals surface area (Å²) in [5.74, 6) is -0.323. The Morgan fingerprint density at radius 3 is 2.30 bits per heavy atom. The Balaban J connectivity index is 1.71. The maximum Gasteiger partial charge on any atom is 0.274 e. The zero-order valence-electron chi connectivity index (χ0n) is 20.2. The maximum absolute atomic E-state index is 13.2. The van der Waals surface area contributed by atoms with Crippen LogP contribution in [-0.4, -0.2) is 74.9 Å². The van der Waals surface area contributed by atoms with E-state index >= 15 is 0 Å². The number of carbonyl (C=O) groups is 3. The van der Waals surface area contributed by atoms with Gasteiger partial charge in [0.15, 0.2) is 5.69 Å². The quantitative estimate of drug-likeness (QED) is 0.585. The van der Waals surface area contributed by atoms with Crippen molar-refractivity contribution in [1.29, 1.82) is 0 Å². The van der Waals surface area contributed by atoms with Crippen LogP contribution in [0.3, 0.4) is 0 Å². The van der Waals surface area contributed by atoms with Gasteiger partial charge in [-0.3, -0.25) is 19.1 Å². The van der Waals surface area contributed by atoms with Gasteiger partial charge in [-0.25, -0.2) is 0 Å². The summed E-state index contributed by atoms with van der Waals surface area (Å²) in [5.41, 5.74) is 2.96. The van der Waals surface area contributed by atoms with E-state index in [1.807, 2.05) is 56.9 Å². The molecule has 0 atom stereocenters. The normalized spacial score (nSPS) is 13.5. The van der Waals surface area contributed by atoms with Gasteiger partial charge in [0.05, 0.1) is 0 Å². The van der Waals surface area contributed by atoms with Crippen LogP contribution in [0.5, 0.6) is 0 Å². The molecule has 0 bridgehead atoms. The van der Waals surface area contributed by atoms with Gasteiger partial charge in [-0.15, -0.1) is 0 Å². The number of benzene rings is 1. The summed E-state index contributed by atoms with van der Waals surface area (Å²) in [6, 6.07) is 9.77. The van der Waals surface area contributed by atoms with E-state index in [0.29, 0.717) is 51.5 Å². The Bertz CT molecular complexity index is 978. The van der Waals surface area contributed by atoms with E-state index in [-0.39, 0.29) is 29.8 Å². The number of rotatable bonds is 9. The number of amides is 3. The predicted octanol–water partition coefficient (Wildman–Crippen LogP) is 2.96. The molecule has 0 saturated carbocycles. The van der Waals surface area contributed by atoms with Crippen LogP contribution in [0.1, 0.15) is 65.7 Å². The van der Waals surface area contributed by atoms with E-state index < -0.39 is 0 Å². The standard InChI is InChI=1S/C25H35N5O3/c1-5-27(6-2)23(31)13-16-28(7-3)24(32)21-17-22-25(33)29(14-8-15-30(22)26-21)18-20-11-9-19(4)10-12-20/h9-12,17H,5-8,13-16,18H2,1-4H3. The molecule has 0 spiro atoms. The van der Waals surface area contributed by atoms with Crippen molar-refractivity contribution in [3.05, 3.63) is 52.8 Å². The number of aromatic nitrogens is 2. The molecular weight excluding hydrogens is 418 g/mol. The van der Waals surface area contributed by atoms with E-state index in [0.717, 1.165) is 12.0 Å². The van der Waals surface area contributed by atoms with Crippen molar-refractivity contribution in [1.82, 2.24) is 24.5 Å². The van der Waals surface area contributed by atoms with Gasteiger partial charge in [-0.2, -0.15) is 5.10 Å². The highest BCUT2D eigenvalue weighted by molar-refractivity contribution is 5.98. The Kier molecular flexibility index (Phi) is 8.25. The van der Waals surface area contributed by atoms with Crippen molar-refractivity contribution in [3.63, 3.8) is 0 Å². The fourth-order valence-corrected chi connectivity index (χ4v) is 4.13. The maximum atomic E-state index is 13.2. The third-order valence-electron chi connectivity index (χ3n) is 6.18. The summed E-state index contributed by atoms with van der Waals surface area (Å²) >= 11 is 0. The third kappa shape index (κ3) is 5.80. The number of hydrogen-bond donors (Lipinski definition) is 0. The Morgan fingerprint density at radius 1 is 1.00 bits per heavy atom. The zero-order valence-corrected chi connectivity index (χ0v) is 20.2. The second-order valence-electron chi connectivity index (χ2n) is 8.40. The first kappa shape index (κ1) is 24.5. The van der Waals surface area contributed by atoms with Gasteiger partial charge in [0.1, 0.15) is 5.69 Å². The molecule has 8 heteroatoms. The minimum atomic E-state index is -0.247. The SMILES string of the molecule is CCN(CC)C(=O)CCN(CC)C(=O)c1cc2n(n1)CCCN(Cc1ccc(C)cc1)C2=O. The Morgan fingerprint density at radius 2 is 1.67 bits per heavy atom. The topological polar surface area (TPSA) is 78.8 Å². The molecule has 178 valence electrons. The summed E-state index contributed by atoms with van der Waals surface area (Å²) in [7, 11) is 0. The van der Waals surface area contributed by atoms with Gasteiger partial charge >= 0.3 is 0 Å².